The Morgan fingerprint density at radius 1 is 1.24 bits per heavy atom. The third-order valence-corrected chi connectivity index (χ3v) is 3.90. The number of aromatic nitrogens is 2. The highest BCUT2D eigenvalue weighted by Crippen LogP contribution is 2.22. The molecule has 0 spiro atoms. The van der Waals surface area contributed by atoms with Crippen LogP contribution in [-0.4, -0.2) is 16.0 Å². The zero-order valence-corrected chi connectivity index (χ0v) is 14.6. The third kappa shape index (κ3) is 3.79. The van der Waals surface area contributed by atoms with Crippen molar-refractivity contribution < 1.29 is 13.7 Å². The van der Waals surface area contributed by atoms with Gasteiger partial charge in [0.2, 0.25) is 5.89 Å². The monoisotopic (exact) mass is 339 g/mol. The SMILES string of the molecule is CCCc1nc([C@H](NC(=O)c2cc(C)oc2C)c2ccccc2)no1. The molecule has 0 unspecified atom stereocenters. The van der Waals surface area contributed by atoms with E-state index in [1.165, 1.54) is 0 Å². The summed E-state index contributed by atoms with van der Waals surface area (Å²) in [5.74, 6) is 2.07. The minimum atomic E-state index is -0.488. The van der Waals surface area contributed by atoms with Crippen molar-refractivity contribution >= 4 is 5.91 Å². The summed E-state index contributed by atoms with van der Waals surface area (Å²) in [5, 5.41) is 7.05. The van der Waals surface area contributed by atoms with Crippen LogP contribution >= 0.6 is 0 Å². The average molecular weight is 339 g/mol. The molecule has 0 radical (unpaired) electrons. The van der Waals surface area contributed by atoms with E-state index in [1.54, 1.807) is 13.0 Å². The number of nitrogens with one attached hydrogen (secondary N) is 1. The fourth-order valence-electron chi connectivity index (χ4n) is 2.71. The van der Waals surface area contributed by atoms with Gasteiger partial charge in [-0.15, -0.1) is 0 Å². The van der Waals surface area contributed by atoms with Crippen LogP contribution in [0.5, 0.6) is 0 Å². The van der Waals surface area contributed by atoms with Crippen molar-refractivity contribution in [2.24, 2.45) is 0 Å². The van der Waals surface area contributed by atoms with Gasteiger partial charge >= 0.3 is 0 Å². The topological polar surface area (TPSA) is 81.2 Å². The van der Waals surface area contributed by atoms with Gasteiger partial charge in [-0.05, 0) is 31.9 Å². The van der Waals surface area contributed by atoms with Crippen molar-refractivity contribution in [1.82, 2.24) is 15.5 Å². The van der Waals surface area contributed by atoms with Crippen LogP contribution in [0.2, 0.25) is 0 Å². The molecule has 0 fully saturated rings. The first kappa shape index (κ1) is 17.0. The standard InChI is InChI=1S/C19H21N3O3/c1-4-8-16-20-18(22-25-16)17(14-9-6-5-7-10-14)21-19(23)15-11-12(2)24-13(15)3/h5-7,9-11,17H,4,8H2,1-3H3,(H,21,23)/t17-/m1/s1. The second-order valence-corrected chi connectivity index (χ2v) is 5.94. The van der Waals surface area contributed by atoms with Crippen LogP contribution in [0.25, 0.3) is 0 Å². The van der Waals surface area contributed by atoms with Crippen LogP contribution in [0.1, 0.15) is 58.5 Å². The van der Waals surface area contributed by atoms with E-state index in [4.69, 9.17) is 8.94 Å². The molecule has 3 aromatic rings. The van der Waals surface area contributed by atoms with Gasteiger partial charge in [-0.25, -0.2) is 0 Å². The van der Waals surface area contributed by atoms with Crippen LogP contribution in [0.15, 0.2) is 45.3 Å². The minimum absolute atomic E-state index is 0.231. The van der Waals surface area contributed by atoms with Gasteiger partial charge in [-0.2, -0.15) is 4.98 Å². The van der Waals surface area contributed by atoms with E-state index < -0.39 is 6.04 Å². The fourth-order valence-corrected chi connectivity index (χ4v) is 2.71. The zero-order chi connectivity index (χ0) is 17.8. The molecule has 0 saturated carbocycles. The molecule has 0 aliphatic rings. The molecular weight excluding hydrogens is 318 g/mol. The summed E-state index contributed by atoms with van der Waals surface area (Å²) >= 11 is 0. The second-order valence-electron chi connectivity index (χ2n) is 5.94. The molecule has 1 aromatic carbocycles. The molecule has 130 valence electrons. The van der Waals surface area contributed by atoms with E-state index >= 15 is 0 Å². The van der Waals surface area contributed by atoms with Gasteiger partial charge in [-0.3, -0.25) is 4.79 Å². The third-order valence-electron chi connectivity index (χ3n) is 3.90. The number of furan rings is 1. The van der Waals surface area contributed by atoms with Crippen molar-refractivity contribution in [3.05, 3.63) is 70.8 Å². The maximum Gasteiger partial charge on any atom is 0.255 e. The largest absolute Gasteiger partial charge is 0.466 e. The molecule has 6 heteroatoms. The van der Waals surface area contributed by atoms with Gasteiger partial charge in [0.05, 0.1) is 5.56 Å². The molecule has 0 saturated heterocycles. The molecule has 0 bridgehead atoms. The van der Waals surface area contributed by atoms with E-state index in [0.717, 1.165) is 12.0 Å². The van der Waals surface area contributed by atoms with E-state index in [1.807, 2.05) is 44.2 Å². The number of benzene rings is 1. The minimum Gasteiger partial charge on any atom is -0.466 e. The summed E-state index contributed by atoms with van der Waals surface area (Å²) in [6.45, 7) is 5.63. The van der Waals surface area contributed by atoms with Gasteiger partial charge < -0.3 is 14.3 Å². The number of carbonyl (C=O) groups is 1. The lowest BCUT2D eigenvalue weighted by Gasteiger charge is -2.15. The van der Waals surface area contributed by atoms with E-state index in [-0.39, 0.29) is 5.91 Å². The Morgan fingerprint density at radius 2 is 2.00 bits per heavy atom. The Kier molecular flexibility index (Phi) is 4.97. The Balaban J connectivity index is 1.91. The predicted molar refractivity (Wildman–Crippen MR) is 92.2 cm³/mol. The highest BCUT2D eigenvalue weighted by Gasteiger charge is 2.24. The molecule has 3 rings (SSSR count). The number of hydrogen-bond donors (Lipinski definition) is 1. The summed E-state index contributed by atoms with van der Waals surface area (Å²) in [5.41, 5.74) is 1.40. The molecule has 2 aromatic heterocycles. The number of amides is 1. The van der Waals surface area contributed by atoms with Crippen LogP contribution in [0, 0.1) is 13.8 Å². The fraction of sp³-hybridized carbons (Fsp3) is 0.316. The molecule has 0 aliphatic carbocycles. The van der Waals surface area contributed by atoms with Gasteiger partial charge in [-0.1, -0.05) is 42.4 Å². The Bertz CT molecular complexity index is 852. The maximum atomic E-state index is 12.7. The summed E-state index contributed by atoms with van der Waals surface area (Å²) < 4.78 is 10.7. The van der Waals surface area contributed by atoms with E-state index in [9.17, 15) is 4.79 Å². The second kappa shape index (κ2) is 7.34. The zero-order valence-electron chi connectivity index (χ0n) is 14.6. The normalized spacial score (nSPS) is 12.1. The van der Waals surface area contributed by atoms with Crippen LogP contribution in [-0.2, 0) is 6.42 Å². The molecule has 25 heavy (non-hydrogen) atoms. The number of aryl methyl sites for hydroxylation is 3. The lowest BCUT2D eigenvalue weighted by molar-refractivity contribution is 0.0939. The van der Waals surface area contributed by atoms with Crippen molar-refractivity contribution in [1.29, 1.82) is 0 Å². The smallest absolute Gasteiger partial charge is 0.255 e. The van der Waals surface area contributed by atoms with Crippen molar-refractivity contribution in [2.75, 3.05) is 0 Å². The first-order chi connectivity index (χ1) is 12.1. The van der Waals surface area contributed by atoms with Crippen LogP contribution in [0.3, 0.4) is 0 Å². The first-order valence-corrected chi connectivity index (χ1v) is 8.33. The summed E-state index contributed by atoms with van der Waals surface area (Å²) in [4.78, 5) is 17.1. The van der Waals surface area contributed by atoms with E-state index in [0.29, 0.717) is 35.2 Å². The number of hydrogen-bond acceptors (Lipinski definition) is 5. The molecule has 1 atom stereocenters. The Labute approximate surface area is 146 Å². The average Bonchev–Trinajstić information content (AvgIpc) is 3.20. The van der Waals surface area contributed by atoms with Gasteiger partial charge in [0, 0.05) is 6.42 Å². The van der Waals surface area contributed by atoms with Crippen molar-refractivity contribution in [2.45, 2.75) is 39.7 Å². The van der Waals surface area contributed by atoms with Crippen molar-refractivity contribution in [3.8, 4) is 0 Å². The molecule has 2 heterocycles. The highest BCUT2D eigenvalue weighted by molar-refractivity contribution is 5.95. The van der Waals surface area contributed by atoms with Gasteiger partial charge in [0.25, 0.3) is 5.91 Å². The summed E-state index contributed by atoms with van der Waals surface area (Å²) in [6.07, 6.45) is 1.62. The quantitative estimate of drug-likeness (QED) is 0.739. The van der Waals surface area contributed by atoms with Crippen LogP contribution < -0.4 is 5.32 Å². The molecule has 0 aliphatic heterocycles. The van der Waals surface area contributed by atoms with E-state index in [2.05, 4.69) is 15.5 Å². The van der Waals surface area contributed by atoms with Gasteiger partial charge in [0.1, 0.15) is 17.6 Å². The lowest BCUT2D eigenvalue weighted by atomic mass is 10.1. The number of carbonyl (C=O) groups excluding carboxylic acids is 1. The van der Waals surface area contributed by atoms with Gasteiger partial charge in [0.15, 0.2) is 5.82 Å². The molecule has 1 N–H and O–H groups in total. The lowest BCUT2D eigenvalue weighted by Crippen LogP contribution is -2.30. The first-order valence-electron chi connectivity index (χ1n) is 8.33. The maximum absolute atomic E-state index is 12.7. The molecule has 1 amide bonds. The van der Waals surface area contributed by atoms with Crippen molar-refractivity contribution in [3.63, 3.8) is 0 Å². The summed E-state index contributed by atoms with van der Waals surface area (Å²) in [6, 6.07) is 10.8. The number of nitrogens with zero attached hydrogens (tertiary/aromatic N) is 2. The summed E-state index contributed by atoms with van der Waals surface area (Å²) in [7, 11) is 0. The Morgan fingerprint density at radius 3 is 2.64 bits per heavy atom. The number of rotatable bonds is 6. The predicted octanol–water partition coefficient (Wildman–Crippen LogP) is 3.75. The highest BCUT2D eigenvalue weighted by atomic mass is 16.5. The Hall–Kier alpha value is -2.89. The van der Waals surface area contributed by atoms with Crippen LogP contribution in [0.4, 0.5) is 0 Å². The molecule has 6 nitrogen and oxygen atoms in total. The molecular formula is C19H21N3O3.